The Morgan fingerprint density at radius 3 is 1.38 bits per heavy atom. The Hall–Kier alpha value is -3.47. The molecule has 0 atom stereocenters. The molecule has 0 heterocycles. The van der Waals surface area contributed by atoms with Crippen LogP contribution < -0.4 is 4.66 Å². The summed E-state index contributed by atoms with van der Waals surface area (Å²) in [5.41, 5.74) is -1.87. The van der Waals surface area contributed by atoms with Crippen molar-refractivity contribution in [2.75, 3.05) is 12.5 Å². The van der Waals surface area contributed by atoms with Crippen molar-refractivity contribution in [3.8, 4) is 0 Å². The highest BCUT2D eigenvalue weighted by Gasteiger charge is 2.23. The van der Waals surface area contributed by atoms with E-state index in [0.29, 0.717) is 0 Å². The van der Waals surface area contributed by atoms with Crippen LogP contribution in [0.3, 0.4) is 0 Å². The maximum absolute atomic E-state index is 11.2. The molecule has 0 aromatic heterocycles. The molecule has 14 nitrogen and oxygen atoms in total. The van der Waals surface area contributed by atoms with Gasteiger partial charge in [0.15, 0.2) is 25.5 Å². The summed E-state index contributed by atoms with van der Waals surface area (Å²) < 4.78 is 52.3. The van der Waals surface area contributed by atoms with Crippen molar-refractivity contribution in [2.24, 2.45) is 0 Å². The van der Waals surface area contributed by atoms with E-state index in [9.17, 15) is 46.7 Å². The van der Waals surface area contributed by atoms with E-state index in [1.165, 1.54) is 13.0 Å². The largest absolute Gasteiger partial charge is 0.769 e. The molecule has 34 heavy (non-hydrogen) atoms. The van der Waals surface area contributed by atoms with E-state index in [-0.39, 0.29) is 15.4 Å². The van der Waals surface area contributed by atoms with Crippen LogP contribution >= 0.6 is 11.9 Å². The van der Waals surface area contributed by atoms with Gasteiger partial charge in [-0.05, 0) is 31.2 Å². The van der Waals surface area contributed by atoms with Gasteiger partial charge in [0, 0.05) is 24.6 Å². The molecule has 0 radical (unpaired) electrons. The minimum atomic E-state index is -3.60. The average Bonchev–Trinajstić information content (AvgIpc) is 2.73. The molecule has 0 saturated heterocycles. The number of sulfone groups is 2. The monoisotopic (exact) mass is 539 g/mol. The van der Waals surface area contributed by atoms with Gasteiger partial charge < -0.3 is 9.77 Å². The molecule has 0 spiro atoms. The lowest BCUT2D eigenvalue weighted by atomic mass is 10.1. The number of halogens is 1. The molecule has 0 bridgehead atoms. The van der Waals surface area contributed by atoms with E-state index >= 15 is 0 Å². The Labute approximate surface area is 197 Å². The molecule has 0 unspecified atom stereocenters. The van der Waals surface area contributed by atoms with Gasteiger partial charge >= 0.3 is 5.97 Å². The van der Waals surface area contributed by atoms with Gasteiger partial charge in [0.1, 0.15) is 5.56 Å². The highest BCUT2D eigenvalue weighted by atomic mass is 35.5. The van der Waals surface area contributed by atoms with Crippen molar-refractivity contribution in [2.45, 2.75) is 16.7 Å². The number of aromatic carboxylic acids is 1. The Bertz CT molecular complexity index is 1230. The van der Waals surface area contributed by atoms with Gasteiger partial charge in [-0.15, -0.1) is 0 Å². The van der Waals surface area contributed by atoms with Gasteiger partial charge in [0.2, 0.25) is 0 Å². The third-order valence-electron chi connectivity index (χ3n) is 3.80. The summed E-state index contributed by atoms with van der Waals surface area (Å²) in [6, 6.07) is 5.88. The van der Waals surface area contributed by atoms with Gasteiger partial charge in [-0.3, -0.25) is 25.0 Å². The molecular formula is C17H16ClN2O12S2-. The first-order valence-corrected chi connectivity index (χ1v) is 12.4. The van der Waals surface area contributed by atoms with E-state index in [1.54, 1.807) is 0 Å². The Kier molecular flexibility index (Phi) is 10.9. The number of hydrogen-bond donors (Lipinski definition) is 1. The predicted molar refractivity (Wildman–Crippen MR) is 115 cm³/mol. The zero-order valence-electron chi connectivity index (χ0n) is 17.5. The SMILES string of the molecule is CC(=O)c1ccc(S(C)(=O)=O)cc1[N+](=O)[O-].CS(=O)(=O)c1ccc(C(=O)O)c([N+](=O)[O-])c1.[O-]Cl. The van der Waals surface area contributed by atoms with Crippen molar-refractivity contribution in [3.63, 3.8) is 0 Å². The number of carboxylic acid groups (broad SMARTS) is 1. The van der Waals surface area contributed by atoms with Crippen LogP contribution in [0.5, 0.6) is 0 Å². The Morgan fingerprint density at radius 2 is 1.12 bits per heavy atom. The van der Waals surface area contributed by atoms with Gasteiger partial charge in [-0.1, -0.05) is 0 Å². The number of ketones is 1. The fraction of sp³-hybridized carbons (Fsp3) is 0.176. The van der Waals surface area contributed by atoms with E-state index in [4.69, 9.17) is 9.77 Å². The lowest BCUT2D eigenvalue weighted by molar-refractivity contribution is -0.385. The topological polar surface area (TPSA) is 232 Å². The number of carbonyl (C=O) groups is 2. The molecule has 17 heteroatoms. The molecule has 186 valence electrons. The standard InChI is InChI=1S/C9H9NO5S.C8H7NO6S.ClO/c1-6(11)8-4-3-7(16(2,14)15)5-9(8)10(12)13;1-16(14,15)5-2-3-6(8(10)11)7(4-5)9(12)13;1-2/h3-5H,1-2H3;2-4H,1H3,(H,10,11);/q;;-1. The van der Waals surface area contributed by atoms with Crippen LogP contribution in [0.15, 0.2) is 46.2 Å². The van der Waals surface area contributed by atoms with Crippen LogP contribution in [0.1, 0.15) is 27.6 Å². The van der Waals surface area contributed by atoms with E-state index < -0.39 is 58.2 Å². The lowest BCUT2D eigenvalue weighted by Gasteiger charge is -2.01. The molecule has 2 aromatic carbocycles. The molecule has 0 saturated carbocycles. The van der Waals surface area contributed by atoms with Crippen molar-refractivity contribution < 1.29 is 46.0 Å². The molecule has 0 aliphatic heterocycles. The fourth-order valence-corrected chi connectivity index (χ4v) is 3.55. The van der Waals surface area contributed by atoms with E-state index in [1.807, 2.05) is 0 Å². The number of carboxylic acids is 1. The molecular weight excluding hydrogens is 524 g/mol. The maximum atomic E-state index is 11.2. The first-order valence-electron chi connectivity index (χ1n) is 8.33. The van der Waals surface area contributed by atoms with Crippen molar-refractivity contribution in [1.82, 2.24) is 0 Å². The molecule has 0 aliphatic rings. The molecule has 2 rings (SSSR count). The third kappa shape index (κ3) is 8.47. The Morgan fingerprint density at radius 1 is 0.794 bits per heavy atom. The number of Topliss-reactive ketones (excluding diaryl/α,β-unsaturated/α-hetero) is 1. The highest BCUT2D eigenvalue weighted by molar-refractivity contribution is 7.91. The summed E-state index contributed by atoms with van der Waals surface area (Å²) in [6.07, 6.45) is 1.83. The predicted octanol–water partition coefficient (Wildman–Crippen LogP) is 1.40. The second-order valence-corrected chi connectivity index (χ2v) is 10.3. The average molecular weight is 540 g/mol. The summed E-state index contributed by atoms with van der Waals surface area (Å²) in [7, 11) is -7.12. The number of nitro benzene ring substituents is 2. The molecule has 0 amide bonds. The minimum absolute atomic E-state index is 0.0996. The lowest BCUT2D eigenvalue weighted by Crippen LogP contribution is -2.05. The van der Waals surface area contributed by atoms with Gasteiger partial charge in [0.25, 0.3) is 11.4 Å². The number of benzene rings is 2. The zero-order chi connectivity index (χ0) is 27.0. The van der Waals surface area contributed by atoms with Crippen molar-refractivity contribution in [1.29, 1.82) is 0 Å². The van der Waals surface area contributed by atoms with Crippen molar-refractivity contribution >= 4 is 54.7 Å². The zero-order valence-corrected chi connectivity index (χ0v) is 19.9. The number of rotatable bonds is 6. The molecule has 2 aromatic rings. The summed E-state index contributed by atoms with van der Waals surface area (Å²) >= 11 is 3.39. The second-order valence-electron chi connectivity index (χ2n) is 6.28. The van der Waals surface area contributed by atoms with Crippen LogP contribution in [0, 0.1) is 20.2 Å². The van der Waals surface area contributed by atoms with E-state index in [2.05, 4.69) is 11.9 Å². The first kappa shape index (κ1) is 30.5. The van der Waals surface area contributed by atoms with Crippen LogP contribution in [0.4, 0.5) is 11.4 Å². The van der Waals surface area contributed by atoms with Crippen LogP contribution in [-0.2, 0) is 19.7 Å². The first-order chi connectivity index (χ1) is 15.5. The summed E-state index contributed by atoms with van der Waals surface area (Å²) in [5, 5.41) is 29.9. The minimum Gasteiger partial charge on any atom is -0.769 e. The summed E-state index contributed by atoms with van der Waals surface area (Å²) in [5.74, 6) is -1.96. The molecule has 0 aliphatic carbocycles. The smallest absolute Gasteiger partial charge is 0.342 e. The number of hydrogen-bond acceptors (Lipinski definition) is 11. The Balaban J connectivity index is 0.000000597. The third-order valence-corrected chi connectivity index (χ3v) is 6.02. The molecule has 0 fully saturated rings. The van der Waals surface area contributed by atoms with Crippen LogP contribution in [-0.4, -0.2) is 56.1 Å². The van der Waals surface area contributed by atoms with Crippen LogP contribution in [0.25, 0.3) is 0 Å². The van der Waals surface area contributed by atoms with Crippen molar-refractivity contribution in [3.05, 3.63) is 67.8 Å². The fourth-order valence-electron chi connectivity index (χ4n) is 2.26. The number of carbonyl (C=O) groups excluding carboxylic acids is 1. The normalized spacial score (nSPS) is 10.6. The maximum Gasteiger partial charge on any atom is 0.342 e. The van der Waals surface area contributed by atoms with E-state index in [0.717, 1.165) is 42.8 Å². The van der Waals surface area contributed by atoms with Gasteiger partial charge in [-0.2, -0.15) is 0 Å². The number of nitrogens with zero attached hydrogens (tertiary/aromatic N) is 2. The quantitative estimate of drug-likeness (QED) is 0.311. The number of nitro groups is 2. The van der Waals surface area contributed by atoms with Crippen LogP contribution in [0.2, 0.25) is 0 Å². The van der Waals surface area contributed by atoms with Gasteiger partial charge in [-0.25, -0.2) is 33.5 Å². The van der Waals surface area contributed by atoms with Gasteiger partial charge in [0.05, 0.1) is 25.2 Å². The second kappa shape index (κ2) is 12.1. The molecule has 1 N–H and O–H groups in total. The summed E-state index contributed by atoms with van der Waals surface area (Å²) in [6.45, 7) is 1.18. The highest BCUT2D eigenvalue weighted by Crippen LogP contribution is 2.24. The summed E-state index contributed by atoms with van der Waals surface area (Å²) in [4.78, 5) is 40.8.